The number of rotatable bonds is 6. The Morgan fingerprint density at radius 2 is 0.879 bits per heavy atom. The number of hydrogen-bond donors (Lipinski definition) is 4. The Balaban J connectivity index is 1.50. The predicted molar refractivity (Wildman–Crippen MR) is 125 cm³/mol. The van der Waals surface area contributed by atoms with Crippen LogP contribution in [0.4, 0.5) is 0 Å². The molecule has 0 aliphatic heterocycles. The van der Waals surface area contributed by atoms with Crippen LogP contribution < -0.4 is 9.47 Å². The molecular formula is C27H24O6. The zero-order chi connectivity index (χ0) is 23.6. The predicted octanol–water partition coefficient (Wildman–Crippen LogP) is 6.42. The number of phenolic OH excluding ortho intramolecular Hbond substituents is 4. The van der Waals surface area contributed by atoms with Gasteiger partial charge in [-0.15, -0.1) is 0 Å². The monoisotopic (exact) mass is 444 g/mol. The van der Waals surface area contributed by atoms with E-state index in [0.29, 0.717) is 11.5 Å². The van der Waals surface area contributed by atoms with Crippen molar-refractivity contribution >= 4 is 0 Å². The SMILES string of the molecule is CC(C)(c1ccc(Oc2cccc(O)c2O)cc1)c1ccc(Oc2cccc(O)c2O)cc1. The standard InChI is InChI=1S/C27H24O6/c1-27(2,17-9-13-19(14-10-17)32-23-7-3-5-21(28)25(23)30)18-11-15-20(16-12-18)33-24-8-4-6-22(29)26(24)31/h3-16,28-31H,1-2H3. The molecule has 168 valence electrons. The highest BCUT2D eigenvalue weighted by atomic mass is 16.5. The van der Waals surface area contributed by atoms with Crippen LogP contribution in [-0.2, 0) is 5.41 Å². The van der Waals surface area contributed by atoms with Crippen molar-refractivity contribution < 1.29 is 29.9 Å². The van der Waals surface area contributed by atoms with Gasteiger partial charge in [-0.05, 0) is 59.7 Å². The van der Waals surface area contributed by atoms with E-state index in [4.69, 9.17) is 9.47 Å². The maximum absolute atomic E-state index is 9.92. The summed E-state index contributed by atoms with van der Waals surface area (Å²) in [7, 11) is 0. The molecule has 0 bridgehead atoms. The average molecular weight is 444 g/mol. The van der Waals surface area contributed by atoms with Gasteiger partial charge in [-0.25, -0.2) is 0 Å². The van der Waals surface area contributed by atoms with Crippen LogP contribution in [0.25, 0.3) is 0 Å². The summed E-state index contributed by atoms with van der Waals surface area (Å²) < 4.78 is 11.4. The quantitative estimate of drug-likeness (QED) is 0.256. The summed E-state index contributed by atoms with van der Waals surface area (Å²) in [5.41, 5.74) is 1.78. The smallest absolute Gasteiger partial charge is 0.201 e. The minimum absolute atomic E-state index is 0.176. The number of ether oxygens (including phenoxy) is 2. The minimum atomic E-state index is -0.322. The topological polar surface area (TPSA) is 99.4 Å². The number of aromatic hydroxyl groups is 4. The lowest BCUT2D eigenvalue weighted by Crippen LogP contribution is -2.18. The summed E-state index contributed by atoms with van der Waals surface area (Å²) >= 11 is 0. The molecule has 0 unspecified atom stereocenters. The van der Waals surface area contributed by atoms with E-state index in [-0.39, 0.29) is 39.9 Å². The number of phenols is 4. The highest BCUT2D eigenvalue weighted by molar-refractivity contribution is 5.52. The van der Waals surface area contributed by atoms with Gasteiger partial charge >= 0.3 is 0 Å². The van der Waals surface area contributed by atoms with Crippen molar-refractivity contribution in [1.29, 1.82) is 0 Å². The fraction of sp³-hybridized carbons (Fsp3) is 0.111. The summed E-state index contributed by atoms with van der Waals surface area (Å²) in [5, 5.41) is 39.1. The highest BCUT2D eigenvalue weighted by Gasteiger charge is 2.23. The maximum Gasteiger partial charge on any atom is 0.201 e. The van der Waals surface area contributed by atoms with Gasteiger partial charge in [0.2, 0.25) is 11.5 Å². The van der Waals surface area contributed by atoms with Gasteiger partial charge in [0, 0.05) is 5.41 Å². The molecule has 6 heteroatoms. The molecule has 0 saturated carbocycles. The van der Waals surface area contributed by atoms with E-state index in [0.717, 1.165) is 11.1 Å². The molecule has 0 atom stereocenters. The first-order valence-electron chi connectivity index (χ1n) is 10.3. The van der Waals surface area contributed by atoms with E-state index >= 15 is 0 Å². The van der Waals surface area contributed by atoms with Crippen LogP contribution in [0.1, 0.15) is 25.0 Å². The maximum atomic E-state index is 9.92. The molecule has 4 aromatic carbocycles. The van der Waals surface area contributed by atoms with Crippen LogP contribution in [0.5, 0.6) is 46.0 Å². The molecule has 0 saturated heterocycles. The van der Waals surface area contributed by atoms with Crippen molar-refractivity contribution in [2.45, 2.75) is 19.3 Å². The summed E-state index contributed by atoms with van der Waals surface area (Å²) in [6.07, 6.45) is 0. The van der Waals surface area contributed by atoms with Crippen molar-refractivity contribution in [1.82, 2.24) is 0 Å². The first-order chi connectivity index (χ1) is 15.8. The lowest BCUT2D eigenvalue weighted by molar-refractivity contribution is 0.372. The fourth-order valence-corrected chi connectivity index (χ4v) is 3.49. The molecule has 0 heterocycles. The Labute approximate surface area is 191 Å². The first kappa shape index (κ1) is 21.9. The molecule has 4 N–H and O–H groups in total. The van der Waals surface area contributed by atoms with Crippen molar-refractivity contribution in [3.63, 3.8) is 0 Å². The summed E-state index contributed by atoms with van der Waals surface area (Å²) in [6, 6.07) is 24.1. The second-order valence-electron chi connectivity index (χ2n) is 8.13. The van der Waals surface area contributed by atoms with E-state index in [1.54, 1.807) is 24.3 Å². The van der Waals surface area contributed by atoms with E-state index in [1.807, 2.05) is 48.5 Å². The first-order valence-corrected chi connectivity index (χ1v) is 10.3. The van der Waals surface area contributed by atoms with Gasteiger partial charge < -0.3 is 29.9 Å². The van der Waals surface area contributed by atoms with Crippen molar-refractivity contribution in [2.75, 3.05) is 0 Å². The summed E-state index contributed by atoms with van der Waals surface area (Å²) in [6.45, 7) is 4.20. The molecule has 0 amide bonds. The fourth-order valence-electron chi connectivity index (χ4n) is 3.49. The van der Waals surface area contributed by atoms with Crippen LogP contribution in [0.3, 0.4) is 0 Å². The van der Waals surface area contributed by atoms with Gasteiger partial charge in [-0.2, -0.15) is 0 Å². The molecule has 6 nitrogen and oxygen atoms in total. The van der Waals surface area contributed by atoms with E-state index < -0.39 is 0 Å². The Morgan fingerprint density at radius 1 is 0.515 bits per heavy atom. The normalized spacial score (nSPS) is 11.2. The Morgan fingerprint density at radius 3 is 1.24 bits per heavy atom. The summed E-state index contributed by atoms with van der Waals surface area (Å²) in [4.78, 5) is 0. The second kappa shape index (κ2) is 8.67. The molecular weight excluding hydrogens is 420 g/mol. The van der Waals surface area contributed by atoms with E-state index in [9.17, 15) is 20.4 Å². The van der Waals surface area contributed by atoms with E-state index in [2.05, 4.69) is 13.8 Å². The van der Waals surface area contributed by atoms with Crippen LogP contribution >= 0.6 is 0 Å². The number of hydrogen-bond acceptors (Lipinski definition) is 6. The van der Waals surface area contributed by atoms with Gasteiger partial charge in [-0.1, -0.05) is 50.2 Å². The minimum Gasteiger partial charge on any atom is -0.504 e. The van der Waals surface area contributed by atoms with Crippen molar-refractivity contribution in [3.8, 4) is 46.0 Å². The highest BCUT2D eigenvalue weighted by Crippen LogP contribution is 2.40. The molecule has 0 aliphatic carbocycles. The second-order valence-corrected chi connectivity index (χ2v) is 8.13. The van der Waals surface area contributed by atoms with Gasteiger partial charge in [0.25, 0.3) is 0 Å². The Hall–Kier alpha value is -4.32. The van der Waals surface area contributed by atoms with Crippen LogP contribution in [0.2, 0.25) is 0 Å². The molecule has 0 spiro atoms. The van der Waals surface area contributed by atoms with Crippen molar-refractivity contribution in [2.24, 2.45) is 0 Å². The largest absolute Gasteiger partial charge is 0.504 e. The Kier molecular flexibility index (Phi) is 5.75. The van der Waals surface area contributed by atoms with Gasteiger partial charge in [0.1, 0.15) is 11.5 Å². The Bertz CT molecular complexity index is 1160. The van der Waals surface area contributed by atoms with Gasteiger partial charge in [0.15, 0.2) is 23.0 Å². The third-order valence-electron chi connectivity index (χ3n) is 5.56. The van der Waals surface area contributed by atoms with Crippen LogP contribution in [-0.4, -0.2) is 20.4 Å². The number of benzene rings is 4. The molecule has 4 aromatic rings. The van der Waals surface area contributed by atoms with Gasteiger partial charge in [0.05, 0.1) is 0 Å². The molecule has 0 radical (unpaired) electrons. The number of para-hydroxylation sites is 2. The van der Waals surface area contributed by atoms with Crippen molar-refractivity contribution in [3.05, 3.63) is 96.1 Å². The molecule has 33 heavy (non-hydrogen) atoms. The molecule has 4 rings (SSSR count). The average Bonchev–Trinajstić information content (AvgIpc) is 2.81. The molecule has 0 aromatic heterocycles. The molecule has 0 aliphatic rings. The zero-order valence-electron chi connectivity index (χ0n) is 18.2. The third-order valence-corrected chi connectivity index (χ3v) is 5.56. The third kappa shape index (κ3) is 4.50. The lowest BCUT2D eigenvalue weighted by atomic mass is 9.78. The lowest BCUT2D eigenvalue weighted by Gasteiger charge is -2.26. The zero-order valence-corrected chi connectivity index (χ0v) is 18.2. The van der Waals surface area contributed by atoms with Crippen LogP contribution in [0, 0.1) is 0 Å². The van der Waals surface area contributed by atoms with E-state index in [1.165, 1.54) is 12.1 Å². The van der Waals surface area contributed by atoms with Gasteiger partial charge in [-0.3, -0.25) is 0 Å². The molecule has 0 fully saturated rings. The van der Waals surface area contributed by atoms with Crippen LogP contribution in [0.15, 0.2) is 84.9 Å². The summed E-state index contributed by atoms with van der Waals surface area (Å²) in [5.74, 6) is 0.335.